The van der Waals surface area contributed by atoms with E-state index < -0.39 is 0 Å². The number of aromatic nitrogens is 1. The predicted octanol–water partition coefficient (Wildman–Crippen LogP) is 4.96. The first-order chi connectivity index (χ1) is 14.2. The van der Waals surface area contributed by atoms with Crippen LogP contribution < -0.4 is 9.64 Å². The van der Waals surface area contributed by atoms with Gasteiger partial charge in [-0.05, 0) is 41.3 Å². The molecule has 0 spiro atoms. The molecule has 4 heteroatoms. The van der Waals surface area contributed by atoms with Crippen molar-refractivity contribution in [2.75, 3.05) is 11.5 Å². The Hall–Kier alpha value is -3.53. The van der Waals surface area contributed by atoms with Crippen molar-refractivity contribution in [1.29, 1.82) is 0 Å². The lowest BCUT2D eigenvalue weighted by Crippen LogP contribution is -2.31. The van der Waals surface area contributed by atoms with Gasteiger partial charge in [0.1, 0.15) is 5.75 Å². The zero-order valence-corrected chi connectivity index (χ0v) is 16.3. The van der Waals surface area contributed by atoms with Gasteiger partial charge in [-0.1, -0.05) is 48.5 Å². The van der Waals surface area contributed by atoms with Crippen LogP contribution in [0.1, 0.15) is 21.6 Å². The topological polar surface area (TPSA) is 34.5 Å². The number of ether oxygens (including phenoxy) is 1. The summed E-state index contributed by atoms with van der Waals surface area (Å²) in [7, 11) is 2.05. The molecular weight excluding hydrogens is 360 g/mol. The molecule has 4 aromatic rings. The fourth-order valence-corrected chi connectivity index (χ4v) is 4.08. The molecule has 0 saturated heterocycles. The average Bonchev–Trinajstić information content (AvgIpc) is 3.37. The number of benzene rings is 3. The Morgan fingerprint density at radius 1 is 1.00 bits per heavy atom. The van der Waals surface area contributed by atoms with Crippen LogP contribution in [0.25, 0.3) is 10.9 Å². The third kappa shape index (κ3) is 3.07. The second kappa shape index (κ2) is 7.13. The second-order valence-electron chi connectivity index (χ2n) is 7.37. The maximum atomic E-state index is 13.7. The van der Waals surface area contributed by atoms with Gasteiger partial charge in [0.2, 0.25) is 0 Å². The minimum absolute atomic E-state index is 0.0415. The molecule has 1 aliphatic heterocycles. The monoisotopic (exact) mass is 382 g/mol. The Balaban J connectivity index is 1.58. The van der Waals surface area contributed by atoms with Crippen LogP contribution >= 0.6 is 0 Å². The molecular formula is C25H22N2O2. The van der Waals surface area contributed by atoms with E-state index in [2.05, 4.69) is 29.8 Å². The van der Waals surface area contributed by atoms with Gasteiger partial charge in [-0.25, -0.2) is 0 Å². The van der Waals surface area contributed by atoms with E-state index in [0.29, 0.717) is 18.7 Å². The number of fused-ring (bicyclic) bond motifs is 2. The van der Waals surface area contributed by atoms with Crippen molar-refractivity contribution in [3.8, 4) is 5.75 Å². The average molecular weight is 382 g/mol. The molecule has 5 rings (SSSR count). The molecule has 0 unspecified atom stereocenters. The van der Waals surface area contributed by atoms with Crippen molar-refractivity contribution < 1.29 is 9.53 Å². The summed E-state index contributed by atoms with van der Waals surface area (Å²) in [6, 6.07) is 26.1. The number of hydrogen-bond donors (Lipinski definition) is 0. The molecule has 4 nitrogen and oxygen atoms in total. The van der Waals surface area contributed by atoms with Crippen LogP contribution in [0.5, 0.6) is 5.75 Å². The summed E-state index contributed by atoms with van der Waals surface area (Å²) in [5.74, 6) is 0.690. The highest BCUT2D eigenvalue weighted by molar-refractivity contribution is 6.08. The number of aryl methyl sites for hydroxylation is 1. The summed E-state index contributed by atoms with van der Waals surface area (Å²) >= 11 is 0. The van der Waals surface area contributed by atoms with E-state index in [0.717, 1.165) is 34.6 Å². The molecule has 144 valence electrons. The van der Waals surface area contributed by atoms with Crippen LogP contribution in [0.4, 0.5) is 5.69 Å². The zero-order chi connectivity index (χ0) is 19.8. The summed E-state index contributed by atoms with van der Waals surface area (Å²) in [6.07, 6.45) is 0.852. The molecule has 2 heterocycles. The highest BCUT2D eigenvalue weighted by Gasteiger charge is 2.26. The first kappa shape index (κ1) is 17.6. The van der Waals surface area contributed by atoms with Crippen molar-refractivity contribution in [2.45, 2.75) is 13.0 Å². The number of carbonyl (C=O) groups is 1. The highest BCUT2D eigenvalue weighted by Crippen LogP contribution is 2.32. The van der Waals surface area contributed by atoms with Gasteiger partial charge in [-0.3, -0.25) is 4.79 Å². The van der Waals surface area contributed by atoms with Gasteiger partial charge in [0.15, 0.2) is 0 Å². The van der Waals surface area contributed by atoms with Crippen LogP contribution in [0.15, 0.2) is 78.9 Å². The van der Waals surface area contributed by atoms with Crippen LogP contribution in [0.2, 0.25) is 0 Å². The number of amides is 1. The van der Waals surface area contributed by atoms with E-state index in [-0.39, 0.29) is 5.91 Å². The van der Waals surface area contributed by atoms with Crippen molar-refractivity contribution in [3.63, 3.8) is 0 Å². The minimum atomic E-state index is -0.0415. The normalized spacial score (nSPS) is 12.6. The molecule has 0 radical (unpaired) electrons. The molecule has 1 aromatic heterocycles. The molecule has 0 saturated carbocycles. The molecule has 3 aromatic carbocycles. The Morgan fingerprint density at radius 3 is 2.62 bits per heavy atom. The third-order valence-electron chi connectivity index (χ3n) is 5.63. The predicted molar refractivity (Wildman–Crippen MR) is 116 cm³/mol. The smallest absolute Gasteiger partial charge is 0.262 e. The zero-order valence-electron chi connectivity index (χ0n) is 16.3. The number of para-hydroxylation sites is 3. The van der Waals surface area contributed by atoms with Crippen molar-refractivity contribution >= 4 is 22.5 Å². The summed E-state index contributed by atoms with van der Waals surface area (Å²) in [5.41, 5.74) is 4.85. The molecule has 0 bridgehead atoms. The Labute approximate surface area is 170 Å². The lowest BCUT2D eigenvalue weighted by atomic mass is 10.1. The molecule has 0 aliphatic carbocycles. The van der Waals surface area contributed by atoms with E-state index in [1.165, 1.54) is 5.39 Å². The summed E-state index contributed by atoms with van der Waals surface area (Å²) in [4.78, 5) is 15.5. The van der Waals surface area contributed by atoms with Gasteiger partial charge in [-0.2, -0.15) is 0 Å². The van der Waals surface area contributed by atoms with Crippen molar-refractivity contribution in [1.82, 2.24) is 4.57 Å². The van der Waals surface area contributed by atoms with Crippen molar-refractivity contribution in [2.24, 2.45) is 7.05 Å². The lowest BCUT2D eigenvalue weighted by molar-refractivity contribution is 0.0981. The van der Waals surface area contributed by atoms with Crippen LogP contribution in [0, 0.1) is 0 Å². The first-order valence-corrected chi connectivity index (χ1v) is 9.87. The first-order valence-electron chi connectivity index (χ1n) is 9.87. The third-order valence-corrected chi connectivity index (χ3v) is 5.63. The van der Waals surface area contributed by atoms with E-state index in [1.54, 1.807) is 0 Å². The fourth-order valence-electron chi connectivity index (χ4n) is 4.08. The number of anilines is 1. The van der Waals surface area contributed by atoms with Gasteiger partial charge < -0.3 is 14.2 Å². The maximum absolute atomic E-state index is 13.7. The lowest BCUT2D eigenvalue weighted by Gasteiger charge is -2.24. The number of rotatable bonds is 4. The Bertz CT molecular complexity index is 1190. The molecule has 29 heavy (non-hydrogen) atoms. The Kier molecular flexibility index (Phi) is 4.32. The number of hydrogen-bond acceptors (Lipinski definition) is 2. The van der Waals surface area contributed by atoms with Crippen molar-refractivity contribution in [3.05, 3.63) is 95.7 Å². The molecule has 0 fully saturated rings. The summed E-state index contributed by atoms with van der Waals surface area (Å²) < 4.78 is 7.96. The SMILES string of the molecule is Cn1c(CN(C(=O)c2cccc3c2OCC3)c2ccccc2)cc2ccccc21. The fraction of sp³-hybridized carbons (Fsp3) is 0.160. The minimum Gasteiger partial charge on any atom is -0.492 e. The van der Waals surface area contributed by atoms with E-state index in [1.807, 2.05) is 65.6 Å². The number of carbonyl (C=O) groups excluding carboxylic acids is 1. The number of nitrogens with zero attached hydrogens (tertiary/aromatic N) is 2. The van der Waals surface area contributed by atoms with Gasteiger partial charge in [-0.15, -0.1) is 0 Å². The van der Waals surface area contributed by atoms with E-state index in [4.69, 9.17) is 4.74 Å². The van der Waals surface area contributed by atoms with Gasteiger partial charge >= 0.3 is 0 Å². The van der Waals surface area contributed by atoms with Crippen LogP contribution in [-0.2, 0) is 20.0 Å². The van der Waals surface area contributed by atoms with Gasteiger partial charge in [0, 0.05) is 30.4 Å². The Morgan fingerprint density at radius 2 is 1.79 bits per heavy atom. The summed E-state index contributed by atoms with van der Waals surface area (Å²) in [5, 5.41) is 1.18. The molecule has 0 N–H and O–H groups in total. The molecule has 1 amide bonds. The highest BCUT2D eigenvalue weighted by atomic mass is 16.5. The van der Waals surface area contributed by atoms with E-state index in [9.17, 15) is 4.79 Å². The maximum Gasteiger partial charge on any atom is 0.262 e. The van der Waals surface area contributed by atoms with Crippen LogP contribution in [0.3, 0.4) is 0 Å². The molecule has 1 aliphatic rings. The van der Waals surface area contributed by atoms with Crippen LogP contribution in [-0.4, -0.2) is 17.1 Å². The van der Waals surface area contributed by atoms with Gasteiger partial charge in [0.05, 0.1) is 18.7 Å². The van der Waals surface area contributed by atoms with E-state index >= 15 is 0 Å². The van der Waals surface area contributed by atoms with Gasteiger partial charge in [0.25, 0.3) is 5.91 Å². The molecule has 0 atom stereocenters. The quantitative estimate of drug-likeness (QED) is 0.500. The summed E-state index contributed by atoms with van der Waals surface area (Å²) in [6.45, 7) is 1.12. The standard InChI is InChI=1S/C25H22N2O2/c1-26-21(16-19-8-5-6-13-23(19)26)17-27(20-10-3-2-4-11-20)25(28)22-12-7-9-18-14-15-29-24(18)22/h2-13,16H,14-15,17H2,1H3. The largest absolute Gasteiger partial charge is 0.492 e. The second-order valence-corrected chi connectivity index (χ2v) is 7.37.